The fourth-order valence-corrected chi connectivity index (χ4v) is 0.752. The second-order valence-electron chi connectivity index (χ2n) is 2.60. The Kier molecular flexibility index (Phi) is 2.97. The Morgan fingerprint density at radius 3 is 2.92 bits per heavy atom. The predicted molar refractivity (Wildman–Crippen MR) is 44.9 cm³/mol. The number of carbonyl (C=O) groups is 1. The molecular formula is C7H12N4O2. The highest BCUT2D eigenvalue weighted by molar-refractivity contribution is 5.90. The molecule has 1 rings (SSSR count). The average molecular weight is 184 g/mol. The molecule has 1 unspecified atom stereocenters. The summed E-state index contributed by atoms with van der Waals surface area (Å²) in [5.74, 6) is -0.0615. The van der Waals surface area contributed by atoms with Crippen LogP contribution in [-0.2, 0) is 0 Å². The molecule has 6 nitrogen and oxygen atoms in total. The van der Waals surface area contributed by atoms with Crippen LogP contribution in [0.3, 0.4) is 0 Å². The average Bonchev–Trinajstić information content (AvgIpc) is 2.52. The first-order valence-corrected chi connectivity index (χ1v) is 4.02. The van der Waals surface area contributed by atoms with Gasteiger partial charge in [0.2, 0.25) is 5.89 Å². The largest absolute Gasteiger partial charge is 0.349 e. The molecule has 6 heteroatoms. The lowest BCUT2D eigenvalue weighted by Crippen LogP contribution is -2.23. The van der Waals surface area contributed by atoms with E-state index in [9.17, 15) is 4.79 Å². The van der Waals surface area contributed by atoms with Crippen LogP contribution in [0.1, 0.15) is 36.4 Å². The van der Waals surface area contributed by atoms with Gasteiger partial charge in [0.1, 0.15) is 0 Å². The van der Waals surface area contributed by atoms with Gasteiger partial charge in [0.15, 0.2) is 0 Å². The first kappa shape index (κ1) is 9.66. The molecule has 1 amide bonds. The van der Waals surface area contributed by atoms with Crippen molar-refractivity contribution in [1.82, 2.24) is 15.5 Å². The molecule has 0 aromatic carbocycles. The van der Waals surface area contributed by atoms with Gasteiger partial charge in [-0.25, -0.2) is 0 Å². The van der Waals surface area contributed by atoms with Crippen LogP contribution in [-0.4, -0.2) is 22.6 Å². The van der Waals surface area contributed by atoms with Crippen LogP contribution in [0.25, 0.3) is 0 Å². The van der Waals surface area contributed by atoms with Crippen molar-refractivity contribution in [3.05, 3.63) is 11.7 Å². The lowest BCUT2D eigenvalue weighted by Gasteiger charge is -1.94. The van der Waals surface area contributed by atoms with Crippen LogP contribution in [0.5, 0.6) is 0 Å². The first-order chi connectivity index (χ1) is 6.15. The van der Waals surface area contributed by atoms with E-state index in [1.165, 1.54) is 0 Å². The number of hydrogen-bond acceptors (Lipinski definition) is 5. The van der Waals surface area contributed by atoms with E-state index in [2.05, 4.69) is 15.5 Å². The van der Waals surface area contributed by atoms with Crippen LogP contribution >= 0.6 is 0 Å². The normalized spacial score (nSPS) is 12.5. The Balaban J connectivity index is 2.73. The summed E-state index contributed by atoms with van der Waals surface area (Å²) in [6.07, 6.45) is 0. The molecule has 0 spiro atoms. The van der Waals surface area contributed by atoms with Gasteiger partial charge in [-0.2, -0.15) is 4.98 Å². The van der Waals surface area contributed by atoms with Gasteiger partial charge in [-0.1, -0.05) is 5.16 Å². The predicted octanol–water partition coefficient (Wildman–Crippen LogP) is -0.161. The van der Waals surface area contributed by atoms with Crippen molar-refractivity contribution in [3.63, 3.8) is 0 Å². The Hall–Kier alpha value is -1.43. The van der Waals surface area contributed by atoms with E-state index in [1.807, 2.05) is 6.92 Å². The van der Waals surface area contributed by atoms with Crippen LogP contribution in [0, 0.1) is 0 Å². The van der Waals surface area contributed by atoms with Crippen LogP contribution in [0.15, 0.2) is 4.52 Å². The van der Waals surface area contributed by atoms with Crippen molar-refractivity contribution in [2.45, 2.75) is 19.9 Å². The Morgan fingerprint density at radius 2 is 2.46 bits per heavy atom. The number of rotatable bonds is 3. The summed E-state index contributed by atoms with van der Waals surface area (Å²) in [4.78, 5) is 15.0. The maximum Gasteiger partial charge on any atom is 0.292 e. The highest BCUT2D eigenvalue weighted by Gasteiger charge is 2.15. The molecule has 0 bridgehead atoms. The molecule has 0 aliphatic rings. The molecule has 0 fully saturated rings. The summed E-state index contributed by atoms with van der Waals surface area (Å²) in [7, 11) is 0. The molecule has 1 atom stereocenters. The number of carbonyl (C=O) groups excluding carboxylic acids is 1. The molecule has 0 saturated heterocycles. The number of amides is 1. The second-order valence-corrected chi connectivity index (χ2v) is 2.60. The lowest BCUT2D eigenvalue weighted by atomic mass is 10.4. The van der Waals surface area contributed by atoms with E-state index in [-0.39, 0.29) is 23.7 Å². The van der Waals surface area contributed by atoms with E-state index < -0.39 is 0 Å². The van der Waals surface area contributed by atoms with Crippen molar-refractivity contribution < 1.29 is 9.32 Å². The van der Waals surface area contributed by atoms with E-state index in [1.54, 1.807) is 6.92 Å². The number of nitrogens with zero attached hydrogens (tertiary/aromatic N) is 2. The first-order valence-electron chi connectivity index (χ1n) is 4.02. The third kappa shape index (κ3) is 2.25. The molecule has 1 heterocycles. The quantitative estimate of drug-likeness (QED) is 0.680. The third-order valence-corrected chi connectivity index (χ3v) is 1.37. The minimum atomic E-state index is -0.351. The molecule has 13 heavy (non-hydrogen) atoms. The highest BCUT2D eigenvalue weighted by Crippen LogP contribution is 2.05. The monoisotopic (exact) mass is 184 g/mol. The van der Waals surface area contributed by atoms with Gasteiger partial charge in [-0.15, -0.1) is 0 Å². The van der Waals surface area contributed by atoms with Crippen LogP contribution < -0.4 is 11.1 Å². The lowest BCUT2D eigenvalue weighted by molar-refractivity contribution is 0.0942. The fraction of sp³-hybridized carbons (Fsp3) is 0.571. The number of nitrogens with one attached hydrogen (secondary N) is 1. The zero-order valence-electron chi connectivity index (χ0n) is 7.57. The molecule has 0 aliphatic heterocycles. The van der Waals surface area contributed by atoms with Gasteiger partial charge < -0.3 is 15.6 Å². The SMILES string of the molecule is CCNC(=O)c1noc(C(C)N)n1. The molecule has 0 saturated carbocycles. The number of aromatic nitrogens is 2. The Morgan fingerprint density at radius 1 is 1.77 bits per heavy atom. The Bertz CT molecular complexity index is 294. The molecule has 0 radical (unpaired) electrons. The summed E-state index contributed by atoms with van der Waals surface area (Å²) < 4.78 is 4.75. The van der Waals surface area contributed by atoms with Gasteiger partial charge in [-0.3, -0.25) is 4.79 Å². The minimum Gasteiger partial charge on any atom is -0.349 e. The van der Waals surface area contributed by atoms with Gasteiger partial charge in [0.05, 0.1) is 6.04 Å². The molecule has 1 aromatic heterocycles. The number of hydrogen-bond donors (Lipinski definition) is 2. The van der Waals surface area contributed by atoms with Crippen molar-refractivity contribution in [2.75, 3.05) is 6.54 Å². The van der Waals surface area contributed by atoms with Gasteiger partial charge in [0, 0.05) is 6.54 Å². The van der Waals surface area contributed by atoms with Crippen LogP contribution in [0.2, 0.25) is 0 Å². The smallest absolute Gasteiger partial charge is 0.292 e. The summed E-state index contributed by atoms with van der Waals surface area (Å²) >= 11 is 0. The summed E-state index contributed by atoms with van der Waals surface area (Å²) in [6.45, 7) is 4.04. The van der Waals surface area contributed by atoms with Gasteiger partial charge in [-0.05, 0) is 13.8 Å². The van der Waals surface area contributed by atoms with Crippen LogP contribution in [0.4, 0.5) is 0 Å². The fourth-order valence-electron chi connectivity index (χ4n) is 0.752. The zero-order chi connectivity index (χ0) is 9.84. The van der Waals surface area contributed by atoms with Gasteiger partial charge in [0.25, 0.3) is 11.7 Å². The van der Waals surface area contributed by atoms with Crippen molar-refractivity contribution in [1.29, 1.82) is 0 Å². The number of nitrogens with two attached hydrogens (primary N) is 1. The summed E-state index contributed by atoms with van der Waals surface area (Å²) in [5, 5.41) is 6.03. The zero-order valence-corrected chi connectivity index (χ0v) is 7.57. The van der Waals surface area contributed by atoms with Crippen molar-refractivity contribution >= 4 is 5.91 Å². The molecule has 72 valence electrons. The van der Waals surface area contributed by atoms with E-state index in [0.717, 1.165) is 0 Å². The molecular weight excluding hydrogens is 172 g/mol. The second kappa shape index (κ2) is 3.99. The van der Waals surface area contributed by atoms with Gasteiger partial charge >= 0.3 is 0 Å². The van der Waals surface area contributed by atoms with Crippen molar-refractivity contribution in [2.24, 2.45) is 5.73 Å². The van der Waals surface area contributed by atoms with E-state index in [4.69, 9.17) is 10.3 Å². The summed E-state index contributed by atoms with van der Waals surface area (Å²) in [6, 6.07) is -0.351. The Labute approximate surface area is 75.5 Å². The third-order valence-electron chi connectivity index (χ3n) is 1.37. The maximum atomic E-state index is 11.1. The van der Waals surface area contributed by atoms with E-state index in [0.29, 0.717) is 6.54 Å². The molecule has 0 aliphatic carbocycles. The topological polar surface area (TPSA) is 94.0 Å². The maximum absolute atomic E-state index is 11.1. The summed E-state index contributed by atoms with van der Waals surface area (Å²) in [5.41, 5.74) is 5.47. The van der Waals surface area contributed by atoms with Crippen molar-refractivity contribution in [3.8, 4) is 0 Å². The van der Waals surface area contributed by atoms with E-state index >= 15 is 0 Å². The molecule has 3 N–H and O–H groups in total. The highest BCUT2D eigenvalue weighted by atomic mass is 16.5. The standard InChI is InChI=1S/C7H12N4O2/c1-3-9-6(12)5-10-7(4(2)8)13-11-5/h4H,3,8H2,1-2H3,(H,9,12). The molecule has 1 aromatic rings. The minimum absolute atomic E-state index is 0.0224.